The number of piperidine rings is 1. The van der Waals surface area contributed by atoms with Crippen molar-refractivity contribution in [3.63, 3.8) is 0 Å². The maximum absolute atomic E-state index is 9.85. The minimum Gasteiger partial charge on any atom is -0.395 e. The fourth-order valence-electron chi connectivity index (χ4n) is 2.53. The van der Waals surface area contributed by atoms with Gasteiger partial charge in [0.25, 0.3) is 0 Å². The molecule has 0 aromatic heterocycles. The molecule has 1 aliphatic rings. The number of rotatable bonds is 4. The van der Waals surface area contributed by atoms with E-state index in [0.29, 0.717) is 6.42 Å². The number of hydrogen-bond acceptors (Lipinski definition) is 4. The van der Waals surface area contributed by atoms with Crippen molar-refractivity contribution in [2.24, 2.45) is 0 Å². The summed E-state index contributed by atoms with van der Waals surface area (Å²) in [4.78, 5) is 2.06. The van der Waals surface area contributed by atoms with Gasteiger partial charge in [-0.1, -0.05) is 30.3 Å². The molecule has 0 aliphatic carbocycles. The van der Waals surface area contributed by atoms with Crippen molar-refractivity contribution in [2.45, 2.75) is 31.1 Å². The molecule has 2 rings (SSSR count). The van der Waals surface area contributed by atoms with E-state index >= 15 is 0 Å². The van der Waals surface area contributed by atoms with Crippen LogP contribution < -0.4 is 0 Å². The molecule has 0 bridgehead atoms. The first-order valence-corrected chi connectivity index (χ1v) is 6.47. The van der Waals surface area contributed by atoms with Crippen molar-refractivity contribution >= 4 is 0 Å². The predicted molar refractivity (Wildman–Crippen MR) is 69.2 cm³/mol. The van der Waals surface area contributed by atoms with Gasteiger partial charge in [-0.25, -0.2) is 0 Å². The maximum Gasteiger partial charge on any atom is 0.0976 e. The van der Waals surface area contributed by atoms with Gasteiger partial charge in [-0.3, -0.25) is 4.90 Å². The Morgan fingerprint density at radius 2 is 1.89 bits per heavy atom. The van der Waals surface area contributed by atoms with Crippen LogP contribution in [-0.2, 0) is 6.42 Å². The molecule has 0 radical (unpaired) electrons. The molecule has 0 unspecified atom stereocenters. The first-order valence-electron chi connectivity index (χ1n) is 6.47. The molecule has 1 aromatic rings. The summed E-state index contributed by atoms with van der Waals surface area (Å²) in [5.74, 6) is 0. The zero-order valence-electron chi connectivity index (χ0n) is 10.4. The fraction of sp³-hybridized carbons (Fsp3) is 0.571. The third-order valence-electron chi connectivity index (χ3n) is 3.69. The summed E-state index contributed by atoms with van der Waals surface area (Å²) >= 11 is 0. The van der Waals surface area contributed by atoms with E-state index < -0.39 is 12.2 Å². The van der Waals surface area contributed by atoms with E-state index in [1.165, 1.54) is 5.56 Å². The largest absolute Gasteiger partial charge is 0.395 e. The summed E-state index contributed by atoms with van der Waals surface area (Å²) in [5, 5.41) is 28.8. The summed E-state index contributed by atoms with van der Waals surface area (Å²) < 4.78 is 0. The summed E-state index contributed by atoms with van der Waals surface area (Å²) in [6, 6.07) is 9.80. The van der Waals surface area contributed by atoms with Crippen LogP contribution in [0.1, 0.15) is 12.0 Å². The molecular formula is C14H21NO3. The Hall–Kier alpha value is -0.940. The minimum atomic E-state index is -0.848. The number of likely N-dealkylation sites (tertiary alicyclic amines) is 1. The van der Waals surface area contributed by atoms with Crippen molar-refractivity contribution < 1.29 is 15.3 Å². The molecule has 0 saturated carbocycles. The van der Waals surface area contributed by atoms with Gasteiger partial charge in [0.1, 0.15) is 0 Å². The second-order valence-electron chi connectivity index (χ2n) is 4.87. The topological polar surface area (TPSA) is 63.9 Å². The van der Waals surface area contributed by atoms with Gasteiger partial charge in [0.2, 0.25) is 0 Å². The lowest BCUT2D eigenvalue weighted by molar-refractivity contribution is -0.0890. The molecule has 100 valence electrons. The monoisotopic (exact) mass is 251 g/mol. The molecule has 3 N–H and O–H groups in total. The quantitative estimate of drug-likeness (QED) is 0.706. The van der Waals surface area contributed by atoms with Crippen LogP contribution in [0.2, 0.25) is 0 Å². The minimum absolute atomic E-state index is 0.118. The Labute approximate surface area is 107 Å². The van der Waals surface area contributed by atoms with E-state index in [1.54, 1.807) is 0 Å². The van der Waals surface area contributed by atoms with Gasteiger partial charge in [0.05, 0.1) is 24.9 Å². The molecule has 1 saturated heterocycles. The summed E-state index contributed by atoms with van der Waals surface area (Å²) in [7, 11) is 0. The zero-order valence-corrected chi connectivity index (χ0v) is 10.4. The van der Waals surface area contributed by atoms with Crippen LogP contribution in [0.4, 0.5) is 0 Å². The van der Waals surface area contributed by atoms with Gasteiger partial charge < -0.3 is 15.3 Å². The number of hydrogen-bond donors (Lipinski definition) is 3. The lowest BCUT2D eigenvalue weighted by Gasteiger charge is -2.40. The third-order valence-corrected chi connectivity index (χ3v) is 3.69. The Kier molecular flexibility index (Phi) is 4.72. The number of aliphatic hydroxyl groups is 3. The molecule has 0 spiro atoms. The lowest BCUT2D eigenvalue weighted by Crippen LogP contribution is -2.56. The highest BCUT2D eigenvalue weighted by Gasteiger charge is 2.35. The van der Waals surface area contributed by atoms with E-state index in [0.717, 1.165) is 19.5 Å². The Morgan fingerprint density at radius 1 is 1.17 bits per heavy atom. The van der Waals surface area contributed by atoms with E-state index in [-0.39, 0.29) is 12.6 Å². The first kappa shape index (κ1) is 13.5. The maximum atomic E-state index is 9.85. The van der Waals surface area contributed by atoms with E-state index in [4.69, 9.17) is 0 Å². The van der Waals surface area contributed by atoms with E-state index in [2.05, 4.69) is 17.0 Å². The summed E-state index contributed by atoms with van der Waals surface area (Å²) in [6.07, 6.45) is -0.110. The summed E-state index contributed by atoms with van der Waals surface area (Å²) in [5.41, 5.74) is 1.25. The highest BCUT2D eigenvalue weighted by atomic mass is 16.3. The van der Waals surface area contributed by atoms with E-state index in [9.17, 15) is 15.3 Å². The normalized spacial score (nSPS) is 29.4. The van der Waals surface area contributed by atoms with Crippen molar-refractivity contribution in [1.29, 1.82) is 0 Å². The Balaban J connectivity index is 1.92. The van der Waals surface area contributed by atoms with Gasteiger partial charge >= 0.3 is 0 Å². The number of benzene rings is 1. The van der Waals surface area contributed by atoms with E-state index in [1.807, 2.05) is 18.2 Å². The molecule has 1 heterocycles. The molecule has 1 fully saturated rings. The highest BCUT2D eigenvalue weighted by molar-refractivity contribution is 5.15. The van der Waals surface area contributed by atoms with Crippen molar-refractivity contribution in [3.05, 3.63) is 35.9 Å². The number of nitrogens with zero attached hydrogens (tertiary/aromatic N) is 1. The van der Waals surface area contributed by atoms with Crippen LogP contribution in [-0.4, -0.2) is 58.2 Å². The van der Waals surface area contributed by atoms with Crippen LogP contribution in [0.15, 0.2) is 30.3 Å². The number of aliphatic hydroxyl groups excluding tert-OH is 3. The lowest BCUT2D eigenvalue weighted by atomic mass is 9.96. The first-order chi connectivity index (χ1) is 8.72. The molecule has 4 heteroatoms. The van der Waals surface area contributed by atoms with Crippen LogP contribution >= 0.6 is 0 Å². The second kappa shape index (κ2) is 6.29. The molecule has 1 aromatic carbocycles. The molecule has 1 aliphatic heterocycles. The van der Waals surface area contributed by atoms with Gasteiger partial charge in [0, 0.05) is 13.1 Å². The van der Waals surface area contributed by atoms with Crippen LogP contribution in [0.5, 0.6) is 0 Å². The standard InChI is InChI=1S/C14H21NO3/c16-10-12-14(18)13(17)7-9-15(12)8-6-11-4-2-1-3-5-11/h1-5,12-14,16-18H,6-10H2/t12-,13-,14-/m1/s1. The molecular weight excluding hydrogens is 230 g/mol. The molecule has 18 heavy (non-hydrogen) atoms. The predicted octanol–water partition coefficient (Wildman–Crippen LogP) is 0.0175. The van der Waals surface area contributed by atoms with Crippen molar-refractivity contribution in [2.75, 3.05) is 19.7 Å². The van der Waals surface area contributed by atoms with Gasteiger partial charge in [-0.15, -0.1) is 0 Å². The third kappa shape index (κ3) is 3.09. The van der Waals surface area contributed by atoms with Gasteiger partial charge in [0.15, 0.2) is 0 Å². The summed E-state index contributed by atoms with van der Waals surface area (Å²) in [6.45, 7) is 1.39. The van der Waals surface area contributed by atoms with Crippen molar-refractivity contribution in [1.82, 2.24) is 4.90 Å². The Bertz CT molecular complexity index is 357. The molecule has 3 atom stereocenters. The fourth-order valence-corrected chi connectivity index (χ4v) is 2.53. The van der Waals surface area contributed by atoms with Gasteiger partial charge in [-0.2, -0.15) is 0 Å². The van der Waals surface area contributed by atoms with Crippen molar-refractivity contribution in [3.8, 4) is 0 Å². The van der Waals surface area contributed by atoms with Crippen LogP contribution in [0.25, 0.3) is 0 Å². The SMILES string of the molecule is OC[C@@H]1[C@@H](O)[C@H](O)CCN1CCc1ccccc1. The van der Waals surface area contributed by atoms with Crippen LogP contribution in [0, 0.1) is 0 Å². The second-order valence-corrected chi connectivity index (χ2v) is 4.87. The zero-order chi connectivity index (χ0) is 13.0. The average molecular weight is 251 g/mol. The van der Waals surface area contributed by atoms with Crippen LogP contribution in [0.3, 0.4) is 0 Å². The molecule has 0 amide bonds. The highest BCUT2D eigenvalue weighted by Crippen LogP contribution is 2.18. The Morgan fingerprint density at radius 3 is 2.56 bits per heavy atom. The smallest absolute Gasteiger partial charge is 0.0976 e. The molecule has 4 nitrogen and oxygen atoms in total. The van der Waals surface area contributed by atoms with Gasteiger partial charge in [-0.05, 0) is 18.4 Å². The average Bonchev–Trinajstić information content (AvgIpc) is 2.41.